The SMILES string of the molecule is CN1CCc2ncnc(N3CC(Cn4nc5c(cc4=O)CCCC5)C3)c2C1. The summed E-state index contributed by atoms with van der Waals surface area (Å²) in [5, 5.41) is 4.67. The quantitative estimate of drug-likeness (QED) is 0.809. The van der Waals surface area contributed by atoms with Crippen LogP contribution < -0.4 is 10.5 Å². The van der Waals surface area contributed by atoms with Gasteiger partial charge in [0, 0.05) is 50.1 Å². The van der Waals surface area contributed by atoms with E-state index < -0.39 is 0 Å². The van der Waals surface area contributed by atoms with E-state index >= 15 is 0 Å². The summed E-state index contributed by atoms with van der Waals surface area (Å²) >= 11 is 0. The maximum absolute atomic E-state index is 12.4. The largest absolute Gasteiger partial charge is 0.355 e. The summed E-state index contributed by atoms with van der Waals surface area (Å²) in [6, 6.07) is 1.81. The third kappa shape index (κ3) is 3.14. The van der Waals surface area contributed by atoms with E-state index in [0.717, 1.165) is 62.5 Å². The molecule has 0 bridgehead atoms. The van der Waals surface area contributed by atoms with Crippen LogP contribution in [0.25, 0.3) is 0 Å². The smallest absolute Gasteiger partial charge is 0.267 e. The van der Waals surface area contributed by atoms with Gasteiger partial charge in [-0.25, -0.2) is 14.6 Å². The predicted octanol–water partition coefficient (Wildman–Crippen LogP) is 1.04. The number of rotatable bonds is 3. The summed E-state index contributed by atoms with van der Waals surface area (Å²) in [4.78, 5) is 26.1. The molecule has 7 heteroatoms. The van der Waals surface area contributed by atoms with Gasteiger partial charge in [0.2, 0.25) is 0 Å². The molecular formula is C20H26N6O. The lowest BCUT2D eigenvalue weighted by Gasteiger charge is -2.42. The second-order valence-electron chi connectivity index (χ2n) is 8.23. The van der Waals surface area contributed by atoms with Crippen LogP contribution in [0, 0.1) is 5.92 Å². The molecule has 0 amide bonds. The maximum Gasteiger partial charge on any atom is 0.267 e. The van der Waals surface area contributed by atoms with E-state index in [4.69, 9.17) is 0 Å². The summed E-state index contributed by atoms with van der Waals surface area (Å²) in [5.41, 5.74) is 4.80. The third-order valence-electron chi connectivity index (χ3n) is 6.13. The zero-order chi connectivity index (χ0) is 18.4. The molecule has 0 unspecified atom stereocenters. The lowest BCUT2D eigenvalue weighted by atomic mass is 9.96. The van der Waals surface area contributed by atoms with Crippen molar-refractivity contribution in [3.05, 3.63) is 45.3 Å². The van der Waals surface area contributed by atoms with Gasteiger partial charge in [0.05, 0.1) is 17.9 Å². The molecule has 0 N–H and O–H groups in total. The van der Waals surface area contributed by atoms with Crippen molar-refractivity contribution in [2.75, 3.05) is 31.6 Å². The van der Waals surface area contributed by atoms with E-state index in [1.165, 1.54) is 24.1 Å². The lowest BCUT2D eigenvalue weighted by Crippen LogP contribution is -2.51. The highest BCUT2D eigenvalue weighted by atomic mass is 16.1. The van der Waals surface area contributed by atoms with Crippen LogP contribution in [0.4, 0.5) is 5.82 Å². The minimum atomic E-state index is 0.0511. The van der Waals surface area contributed by atoms with Crippen molar-refractivity contribution in [1.82, 2.24) is 24.6 Å². The van der Waals surface area contributed by atoms with Crippen molar-refractivity contribution in [3.63, 3.8) is 0 Å². The van der Waals surface area contributed by atoms with E-state index in [1.807, 2.05) is 6.07 Å². The molecule has 0 saturated carbocycles. The van der Waals surface area contributed by atoms with E-state index in [1.54, 1.807) is 11.0 Å². The molecule has 2 aromatic heterocycles. The first-order chi connectivity index (χ1) is 13.2. The molecule has 3 aliphatic rings. The molecule has 0 spiro atoms. The Hall–Kier alpha value is -2.28. The molecule has 0 aromatic carbocycles. The van der Waals surface area contributed by atoms with Crippen molar-refractivity contribution in [2.24, 2.45) is 5.92 Å². The fourth-order valence-electron chi connectivity index (χ4n) is 4.57. The second-order valence-corrected chi connectivity index (χ2v) is 8.23. The van der Waals surface area contributed by atoms with Gasteiger partial charge in [-0.05, 0) is 38.3 Å². The summed E-state index contributed by atoms with van der Waals surface area (Å²) in [5.74, 6) is 1.53. The fourth-order valence-corrected chi connectivity index (χ4v) is 4.57. The molecule has 1 aliphatic carbocycles. The van der Waals surface area contributed by atoms with Crippen molar-refractivity contribution >= 4 is 5.82 Å². The molecule has 4 heterocycles. The average molecular weight is 366 g/mol. The molecule has 5 rings (SSSR count). The molecule has 27 heavy (non-hydrogen) atoms. The van der Waals surface area contributed by atoms with Crippen LogP contribution in [0.1, 0.15) is 35.4 Å². The monoisotopic (exact) mass is 366 g/mol. The first-order valence-corrected chi connectivity index (χ1v) is 10.0. The van der Waals surface area contributed by atoms with Crippen LogP contribution in [0.15, 0.2) is 17.2 Å². The van der Waals surface area contributed by atoms with Crippen LogP contribution >= 0.6 is 0 Å². The summed E-state index contributed by atoms with van der Waals surface area (Å²) in [6.07, 6.45) is 7.06. The number of likely N-dealkylation sites (N-methyl/N-ethyl adjacent to an activating group) is 1. The Morgan fingerprint density at radius 1 is 1.11 bits per heavy atom. The van der Waals surface area contributed by atoms with Gasteiger partial charge in [-0.3, -0.25) is 4.79 Å². The Balaban J connectivity index is 1.29. The molecule has 0 atom stereocenters. The highest BCUT2D eigenvalue weighted by Gasteiger charge is 2.32. The van der Waals surface area contributed by atoms with Gasteiger partial charge in [-0.15, -0.1) is 0 Å². The van der Waals surface area contributed by atoms with E-state index in [9.17, 15) is 4.79 Å². The van der Waals surface area contributed by atoms with Crippen molar-refractivity contribution in [3.8, 4) is 0 Å². The molecule has 1 saturated heterocycles. The van der Waals surface area contributed by atoms with Gasteiger partial charge in [-0.2, -0.15) is 5.10 Å². The summed E-state index contributed by atoms with van der Waals surface area (Å²) in [7, 11) is 2.15. The van der Waals surface area contributed by atoms with Crippen LogP contribution in [-0.4, -0.2) is 51.3 Å². The first-order valence-electron chi connectivity index (χ1n) is 10.0. The van der Waals surface area contributed by atoms with Gasteiger partial charge >= 0.3 is 0 Å². The molecule has 1 fully saturated rings. The maximum atomic E-state index is 12.4. The Labute approximate surface area is 159 Å². The zero-order valence-electron chi connectivity index (χ0n) is 15.9. The van der Waals surface area contributed by atoms with E-state index in [2.05, 4.69) is 31.9 Å². The van der Waals surface area contributed by atoms with Gasteiger partial charge in [0.15, 0.2) is 0 Å². The Morgan fingerprint density at radius 2 is 1.96 bits per heavy atom. The van der Waals surface area contributed by atoms with Gasteiger partial charge < -0.3 is 9.80 Å². The van der Waals surface area contributed by atoms with Gasteiger partial charge in [0.1, 0.15) is 12.1 Å². The third-order valence-corrected chi connectivity index (χ3v) is 6.13. The van der Waals surface area contributed by atoms with Crippen molar-refractivity contribution in [2.45, 2.75) is 45.2 Å². The summed E-state index contributed by atoms with van der Waals surface area (Å²) < 4.78 is 1.69. The minimum Gasteiger partial charge on any atom is -0.355 e. The Bertz CT molecular complexity index is 917. The van der Waals surface area contributed by atoms with Crippen LogP contribution in [0.3, 0.4) is 0 Å². The number of aryl methyl sites for hydroxylation is 2. The average Bonchev–Trinajstić information content (AvgIpc) is 2.64. The van der Waals surface area contributed by atoms with Crippen LogP contribution in [-0.2, 0) is 32.4 Å². The van der Waals surface area contributed by atoms with Gasteiger partial charge in [0.25, 0.3) is 5.56 Å². The summed E-state index contributed by atoms with van der Waals surface area (Å²) in [6.45, 7) is 4.53. The highest BCUT2D eigenvalue weighted by molar-refractivity contribution is 5.51. The number of hydrogen-bond acceptors (Lipinski definition) is 6. The van der Waals surface area contributed by atoms with E-state index in [0.29, 0.717) is 12.5 Å². The Morgan fingerprint density at radius 3 is 2.85 bits per heavy atom. The molecular weight excluding hydrogens is 340 g/mol. The predicted molar refractivity (Wildman–Crippen MR) is 103 cm³/mol. The van der Waals surface area contributed by atoms with Gasteiger partial charge in [-0.1, -0.05) is 0 Å². The normalized spacial score (nSPS) is 20.1. The molecule has 2 aromatic rings. The number of anilines is 1. The molecule has 0 radical (unpaired) electrons. The first kappa shape index (κ1) is 16.9. The number of hydrogen-bond donors (Lipinski definition) is 0. The fraction of sp³-hybridized carbons (Fsp3) is 0.600. The molecule has 2 aliphatic heterocycles. The number of fused-ring (bicyclic) bond motifs is 2. The standard InChI is InChI=1S/C20H26N6O/c1-24-7-6-18-16(12-24)20(22-13-21-18)25-9-14(10-25)11-26-19(27)8-15-4-2-3-5-17(15)23-26/h8,13-14H,2-7,9-12H2,1H3. The number of nitrogens with zero attached hydrogens (tertiary/aromatic N) is 6. The number of aromatic nitrogens is 4. The van der Waals surface area contributed by atoms with Crippen molar-refractivity contribution < 1.29 is 0 Å². The van der Waals surface area contributed by atoms with Crippen molar-refractivity contribution in [1.29, 1.82) is 0 Å². The topological polar surface area (TPSA) is 67.2 Å². The van der Waals surface area contributed by atoms with E-state index in [-0.39, 0.29) is 5.56 Å². The Kier molecular flexibility index (Phi) is 4.19. The zero-order valence-corrected chi connectivity index (χ0v) is 15.9. The second kappa shape index (κ2) is 6.71. The molecule has 142 valence electrons. The minimum absolute atomic E-state index is 0.0511. The lowest BCUT2D eigenvalue weighted by molar-refractivity contribution is 0.302. The van der Waals surface area contributed by atoms with Crippen LogP contribution in [0.5, 0.6) is 0 Å². The molecule has 7 nitrogen and oxygen atoms in total. The van der Waals surface area contributed by atoms with Crippen LogP contribution in [0.2, 0.25) is 0 Å². The highest BCUT2D eigenvalue weighted by Crippen LogP contribution is 2.30.